The monoisotopic (exact) mass is 329 g/mol. The lowest BCUT2D eigenvalue weighted by molar-refractivity contribution is -0.114. The molecule has 0 saturated carbocycles. The molecule has 1 amide bonds. The van der Waals surface area contributed by atoms with Crippen molar-refractivity contribution in [2.24, 2.45) is 0 Å². The van der Waals surface area contributed by atoms with Crippen LogP contribution in [-0.4, -0.2) is 24.0 Å². The van der Waals surface area contributed by atoms with Gasteiger partial charge in [-0.2, -0.15) is 0 Å². The standard InChI is InChI=1S/C17H12FNO3S/c1-19-13-8-11(17(21)22)6-7-14(13)23-15(16(19)20)9-10-4-2-3-5-12(10)18/h2-9H,1H3,(H,21,22). The molecule has 0 radical (unpaired) electrons. The fourth-order valence-corrected chi connectivity index (χ4v) is 3.34. The summed E-state index contributed by atoms with van der Waals surface area (Å²) < 4.78 is 13.8. The number of nitrogens with zero attached hydrogens (tertiary/aromatic N) is 1. The second-order valence-corrected chi connectivity index (χ2v) is 6.07. The average molecular weight is 329 g/mol. The van der Waals surface area contributed by atoms with Crippen LogP contribution in [0.5, 0.6) is 0 Å². The molecule has 1 N–H and O–H groups in total. The molecule has 0 fully saturated rings. The van der Waals surface area contributed by atoms with Gasteiger partial charge in [0.1, 0.15) is 5.82 Å². The Bertz CT molecular complexity index is 847. The number of thioether (sulfide) groups is 1. The Morgan fingerprint density at radius 2 is 2.00 bits per heavy atom. The minimum atomic E-state index is -1.05. The second kappa shape index (κ2) is 5.89. The van der Waals surface area contributed by atoms with Crippen molar-refractivity contribution in [1.29, 1.82) is 0 Å². The number of carbonyl (C=O) groups is 2. The van der Waals surface area contributed by atoms with Crippen molar-refractivity contribution in [3.05, 3.63) is 64.3 Å². The predicted octanol–water partition coefficient (Wildman–Crippen LogP) is 3.63. The van der Waals surface area contributed by atoms with Gasteiger partial charge < -0.3 is 10.0 Å². The number of likely N-dealkylation sites (N-methyl/N-ethyl adjacent to an activating group) is 1. The highest BCUT2D eigenvalue weighted by Crippen LogP contribution is 2.42. The molecule has 2 aromatic carbocycles. The fourth-order valence-electron chi connectivity index (χ4n) is 2.26. The summed E-state index contributed by atoms with van der Waals surface area (Å²) in [6.07, 6.45) is 1.51. The van der Waals surface area contributed by atoms with E-state index in [1.807, 2.05) is 0 Å². The molecule has 0 atom stereocenters. The van der Waals surface area contributed by atoms with E-state index in [1.165, 1.54) is 40.9 Å². The van der Waals surface area contributed by atoms with E-state index in [0.29, 0.717) is 16.2 Å². The second-order valence-electron chi connectivity index (χ2n) is 4.98. The summed E-state index contributed by atoms with van der Waals surface area (Å²) in [5.74, 6) is -1.75. The van der Waals surface area contributed by atoms with Crippen LogP contribution in [-0.2, 0) is 4.79 Å². The van der Waals surface area contributed by atoms with Crippen LogP contribution in [0.25, 0.3) is 6.08 Å². The molecular formula is C17H12FNO3S. The minimum absolute atomic E-state index is 0.116. The first-order valence-corrected chi connectivity index (χ1v) is 7.58. The van der Waals surface area contributed by atoms with Crippen molar-refractivity contribution in [3.8, 4) is 0 Å². The number of benzene rings is 2. The van der Waals surface area contributed by atoms with Crippen LogP contribution in [0.1, 0.15) is 15.9 Å². The zero-order chi connectivity index (χ0) is 16.6. The summed E-state index contributed by atoms with van der Waals surface area (Å²) >= 11 is 1.20. The maximum absolute atomic E-state index is 13.8. The topological polar surface area (TPSA) is 57.6 Å². The van der Waals surface area contributed by atoms with E-state index in [0.717, 1.165) is 4.90 Å². The maximum Gasteiger partial charge on any atom is 0.335 e. The Kier molecular flexibility index (Phi) is 3.92. The summed E-state index contributed by atoms with van der Waals surface area (Å²) in [6, 6.07) is 10.8. The number of carboxylic acid groups (broad SMARTS) is 1. The molecule has 116 valence electrons. The molecule has 2 aromatic rings. The number of halogens is 1. The number of carboxylic acids is 1. The molecule has 4 nitrogen and oxygen atoms in total. The van der Waals surface area contributed by atoms with Gasteiger partial charge in [0.05, 0.1) is 16.2 Å². The number of amides is 1. The van der Waals surface area contributed by atoms with Gasteiger partial charge in [0, 0.05) is 17.5 Å². The zero-order valence-electron chi connectivity index (χ0n) is 12.1. The molecule has 23 heavy (non-hydrogen) atoms. The molecule has 1 aliphatic rings. The molecule has 1 heterocycles. The highest BCUT2D eigenvalue weighted by molar-refractivity contribution is 8.04. The van der Waals surface area contributed by atoms with Crippen LogP contribution in [0.2, 0.25) is 0 Å². The maximum atomic E-state index is 13.8. The lowest BCUT2D eigenvalue weighted by Gasteiger charge is -2.27. The van der Waals surface area contributed by atoms with E-state index in [9.17, 15) is 14.0 Å². The van der Waals surface area contributed by atoms with Crippen LogP contribution in [0.4, 0.5) is 10.1 Å². The van der Waals surface area contributed by atoms with Gasteiger partial charge in [0.25, 0.3) is 5.91 Å². The number of hydrogen-bond acceptors (Lipinski definition) is 3. The smallest absolute Gasteiger partial charge is 0.335 e. The third-order valence-corrected chi connectivity index (χ3v) is 4.57. The van der Waals surface area contributed by atoms with Crippen molar-refractivity contribution in [3.63, 3.8) is 0 Å². The SMILES string of the molecule is CN1C(=O)C(=Cc2ccccc2F)Sc2ccc(C(=O)O)cc21. The summed E-state index contributed by atoms with van der Waals surface area (Å²) in [5.41, 5.74) is 0.985. The molecule has 1 aliphatic heterocycles. The van der Waals surface area contributed by atoms with Crippen LogP contribution in [0, 0.1) is 5.82 Å². The third-order valence-electron chi connectivity index (χ3n) is 3.49. The molecule has 0 aromatic heterocycles. The first-order valence-electron chi connectivity index (χ1n) is 6.77. The van der Waals surface area contributed by atoms with Gasteiger partial charge in [-0.05, 0) is 30.3 Å². The molecule has 0 unspecified atom stereocenters. The summed E-state index contributed by atoms with van der Waals surface area (Å²) in [7, 11) is 1.57. The number of rotatable bonds is 2. The Morgan fingerprint density at radius 3 is 2.70 bits per heavy atom. The minimum Gasteiger partial charge on any atom is -0.478 e. The van der Waals surface area contributed by atoms with E-state index in [4.69, 9.17) is 5.11 Å². The molecule has 0 saturated heterocycles. The lowest BCUT2D eigenvalue weighted by Crippen LogP contribution is -2.30. The van der Waals surface area contributed by atoms with E-state index in [1.54, 1.807) is 31.3 Å². The largest absolute Gasteiger partial charge is 0.478 e. The van der Waals surface area contributed by atoms with Gasteiger partial charge in [-0.1, -0.05) is 30.0 Å². The normalized spacial score (nSPS) is 15.7. The van der Waals surface area contributed by atoms with Crippen molar-refractivity contribution >= 4 is 35.4 Å². The highest BCUT2D eigenvalue weighted by atomic mass is 32.2. The van der Waals surface area contributed by atoms with Gasteiger partial charge in [-0.25, -0.2) is 9.18 Å². The van der Waals surface area contributed by atoms with E-state index in [-0.39, 0.29) is 11.5 Å². The van der Waals surface area contributed by atoms with Crippen molar-refractivity contribution in [2.45, 2.75) is 4.90 Å². The van der Waals surface area contributed by atoms with Gasteiger partial charge >= 0.3 is 5.97 Å². The molecular weight excluding hydrogens is 317 g/mol. The Hall–Kier alpha value is -2.60. The van der Waals surface area contributed by atoms with Crippen LogP contribution >= 0.6 is 11.8 Å². The van der Waals surface area contributed by atoms with Crippen LogP contribution in [0.15, 0.2) is 52.3 Å². The van der Waals surface area contributed by atoms with Gasteiger partial charge in [-0.3, -0.25) is 4.79 Å². The number of hydrogen-bond donors (Lipinski definition) is 1. The van der Waals surface area contributed by atoms with Crippen LogP contribution < -0.4 is 4.90 Å². The van der Waals surface area contributed by atoms with Gasteiger partial charge in [0.2, 0.25) is 0 Å². The molecule has 0 bridgehead atoms. The Balaban J connectivity index is 2.04. The summed E-state index contributed by atoms with van der Waals surface area (Å²) in [5, 5.41) is 9.05. The van der Waals surface area contributed by atoms with Crippen LogP contribution in [0.3, 0.4) is 0 Å². The molecule has 6 heteroatoms. The first-order chi connectivity index (χ1) is 11.0. The third kappa shape index (κ3) is 2.85. The van der Waals surface area contributed by atoms with E-state index < -0.39 is 11.8 Å². The van der Waals surface area contributed by atoms with Crippen molar-refractivity contribution in [2.75, 3.05) is 11.9 Å². The molecule has 3 rings (SSSR count). The quantitative estimate of drug-likeness (QED) is 0.855. The number of anilines is 1. The predicted molar refractivity (Wildman–Crippen MR) is 87.0 cm³/mol. The van der Waals surface area contributed by atoms with E-state index >= 15 is 0 Å². The van der Waals surface area contributed by atoms with Gasteiger partial charge in [-0.15, -0.1) is 0 Å². The van der Waals surface area contributed by atoms with E-state index in [2.05, 4.69) is 0 Å². The average Bonchev–Trinajstić information content (AvgIpc) is 2.54. The summed E-state index contributed by atoms with van der Waals surface area (Å²) in [6.45, 7) is 0. The van der Waals surface area contributed by atoms with Crippen molar-refractivity contribution < 1.29 is 19.1 Å². The Labute approximate surface area is 136 Å². The fraction of sp³-hybridized carbons (Fsp3) is 0.0588. The summed E-state index contributed by atoms with van der Waals surface area (Å²) in [4.78, 5) is 26.0. The number of carbonyl (C=O) groups excluding carboxylic acids is 1. The molecule has 0 spiro atoms. The molecule has 0 aliphatic carbocycles. The number of aromatic carboxylic acids is 1. The zero-order valence-corrected chi connectivity index (χ0v) is 12.9. The van der Waals surface area contributed by atoms with Gasteiger partial charge in [0.15, 0.2) is 0 Å². The highest BCUT2D eigenvalue weighted by Gasteiger charge is 2.27. The lowest BCUT2D eigenvalue weighted by atomic mass is 10.1. The Morgan fingerprint density at radius 1 is 1.26 bits per heavy atom. The van der Waals surface area contributed by atoms with Crippen molar-refractivity contribution in [1.82, 2.24) is 0 Å². The first kappa shape index (κ1) is 15.3. The number of fused-ring (bicyclic) bond motifs is 1.